The normalized spacial score (nSPS) is 16.2. The van der Waals surface area contributed by atoms with Gasteiger partial charge in [-0.05, 0) is 61.6 Å². The number of amides is 1. The number of fused-ring (bicyclic) bond motifs is 1. The SMILES string of the molecule is COc1ccc(CN(C(=O)c2ccc3c(c2)OCO3)C(C)C2CC2)cc1. The Morgan fingerprint density at radius 3 is 2.58 bits per heavy atom. The Morgan fingerprint density at radius 2 is 1.88 bits per heavy atom. The molecule has 4 rings (SSSR count). The molecule has 1 heterocycles. The molecule has 0 radical (unpaired) electrons. The molecule has 0 aromatic heterocycles. The zero-order chi connectivity index (χ0) is 18.1. The highest BCUT2D eigenvalue weighted by Gasteiger charge is 2.35. The second-order valence-corrected chi connectivity index (χ2v) is 6.93. The Balaban J connectivity index is 1.58. The summed E-state index contributed by atoms with van der Waals surface area (Å²) in [7, 11) is 1.65. The predicted molar refractivity (Wildman–Crippen MR) is 97.6 cm³/mol. The van der Waals surface area contributed by atoms with Gasteiger partial charge in [-0.3, -0.25) is 4.79 Å². The fourth-order valence-electron chi connectivity index (χ4n) is 3.36. The van der Waals surface area contributed by atoms with Gasteiger partial charge in [-0.2, -0.15) is 0 Å². The van der Waals surface area contributed by atoms with Crippen LogP contribution in [0.25, 0.3) is 0 Å². The van der Waals surface area contributed by atoms with Crippen molar-refractivity contribution in [3.63, 3.8) is 0 Å². The molecule has 1 aliphatic heterocycles. The Kier molecular flexibility index (Phi) is 4.45. The van der Waals surface area contributed by atoms with Gasteiger partial charge in [-0.15, -0.1) is 0 Å². The Hall–Kier alpha value is -2.69. The maximum absolute atomic E-state index is 13.3. The van der Waals surface area contributed by atoms with Crippen molar-refractivity contribution >= 4 is 5.91 Å². The Morgan fingerprint density at radius 1 is 1.15 bits per heavy atom. The molecular weight excluding hydrogens is 330 g/mol. The first-order valence-electron chi connectivity index (χ1n) is 8.99. The van der Waals surface area contributed by atoms with Crippen LogP contribution in [0.3, 0.4) is 0 Å². The molecule has 2 aromatic rings. The summed E-state index contributed by atoms with van der Waals surface area (Å²) in [5.41, 5.74) is 1.72. The summed E-state index contributed by atoms with van der Waals surface area (Å²) in [5.74, 6) is 2.76. The van der Waals surface area contributed by atoms with E-state index < -0.39 is 0 Å². The van der Waals surface area contributed by atoms with Crippen molar-refractivity contribution in [1.29, 1.82) is 0 Å². The highest BCUT2D eigenvalue weighted by Crippen LogP contribution is 2.37. The summed E-state index contributed by atoms with van der Waals surface area (Å²) in [6, 6.07) is 13.5. The van der Waals surface area contributed by atoms with Gasteiger partial charge in [0.2, 0.25) is 6.79 Å². The van der Waals surface area contributed by atoms with Crippen molar-refractivity contribution in [2.45, 2.75) is 32.4 Å². The first-order valence-corrected chi connectivity index (χ1v) is 8.99. The summed E-state index contributed by atoms with van der Waals surface area (Å²) in [6.45, 7) is 2.93. The second kappa shape index (κ2) is 6.90. The summed E-state index contributed by atoms with van der Waals surface area (Å²) in [5, 5.41) is 0. The van der Waals surface area contributed by atoms with E-state index in [0.29, 0.717) is 29.5 Å². The van der Waals surface area contributed by atoms with Crippen molar-refractivity contribution in [3.05, 3.63) is 53.6 Å². The van der Waals surface area contributed by atoms with Gasteiger partial charge in [0.1, 0.15) is 5.75 Å². The van der Waals surface area contributed by atoms with E-state index in [2.05, 4.69) is 6.92 Å². The largest absolute Gasteiger partial charge is 0.497 e. The molecule has 0 spiro atoms. The van der Waals surface area contributed by atoms with Crippen LogP contribution in [-0.2, 0) is 6.54 Å². The summed E-state index contributed by atoms with van der Waals surface area (Å²) in [6.07, 6.45) is 2.38. The van der Waals surface area contributed by atoms with Crippen molar-refractivity contribution in [2.24, 2.45) is 5.92 Å². The van der Waals surface area contributed by atoms with Gasteiger partial charge in [0.05, 0.1) is 7.11 Å². The van der Waals surface area contributed by atoms with Crippen LogP contribution in [0.5, 0.6) is 17.2 Å². The number of carbonyl (C=O) groups is 1. The van der Waals surface area contributed by atoms with E-state index in [0.717, 1.165) is 11.3 Å². The quantitative estimate of drug-likeness (QED) is 0.791. The number of carbonyl (C=O) groups excluding carboxylic acids is 1. The molecule has 1 saturated carbocycles. The van der Waals surface area contributed by atoms with Crippen LogP contribution in [0.2, 0.25) is 0 Å². The van der Waals surface area contributed by atoms with Gasteiger partial charge in [-0.1, -0.05) is 12.1 Å². The zero-order valence-electron chi connectivity index (χ0n) is 15.1. The van der Waals surface area contributed by atoms with E-state index >= 15 is 0 Å². The van der Waals surface area contributed by atoms with Gasteiger partial charge in [0.25, 0.3) is 5.91 Å². The smallest absolute Gasteiger partial charge is 0.254 e. The number of benzene rings is 2. The molecule has 1 unspecified atom stereocenters. The van der Waals surface area contributed by atoms with Crippen LogP contribution in [0.4, 0.5) is 0 Å². The third-order valence-corrected chi connectivity index (χ3v) is 5.19. The predicted octanol–water partition coefficient (Wildman–Crippen LogP) is 3.86. The first-order chi connectivity index (χ1) is 12.7. The minimum absolute atomic E-state index is 0.0264. The Labute approximate surface area is 153 Å². The number of hydrogen-bond acceptors (Lipinski definition) is 4. The minimum Gasteiger partial charge on any atom is -0.497 e. The van der Waals surface area contributed by atoms with Crippen molar-refractivity contribution in [3.8, 4) is 17.2 Å². The van der Waals surface area contributed by atoms with Crippen LogP contribution in [0.15, 0.2) is 42.5 Å². The van der Waals surface area contributed by atoms with E-state index in [1.165, 1.54) is 12.8 Å². The standard InChI is InChI=1S/C21H23NO4/c1-14(16-5-6-16)22(12-15-3-8-18(24-2)9-4-15)21(23)17-7-10-19-20(11-17)26-13-25-19/h3-4,7-11,14,16H,5-6,12-13H2,1-2H3. The van der Waals surface area contributed by atoms with E-state index in [4.69, 9.17) is 14.2 Å². The lowest BCUT2D eigenvalue weighted by Gasteiger charge is -2.30. The average Bonchev–Trinajstić information content (AvgIpc) is 3.42. The molecule has 0 saturated heterocycles. The molecule has 2 aliphatic rings. The third-order valence-electron chi connectivity index (χ3n) is 5.19. The molecule has 26 heavy (non-hydrogen) atoms. The molecule has 5 nitrogen and oxygen atoms in total. The molecular formula is C21H23NO4. The topological polar surface area (TPSA) is 48.0 Å². The maximum Gasteiger partial charge on any atom is 0.254 e. The third kappa shape index (κ3) is 3.34. The lowest BCUT2D eigenvalue weighted by Crippen LogP contribution is -2.39. The van der Waals surface area contributed by atoms with Gasteiger partial charge < -0.3 is 19.1 Å². The van der Waals surface area contributed by atoms with Crippen molar-refractivity contribution in [2.75, 3.05) is 13.9 Å². The average molecular weight is 353 g/mol. The highest BCUT2D eigenvalue weighted by atomic mass is 16.7. The molecule has 0 bridgehead atoms. The number of rotatable bonds is 6. The molecule has 0 N–H and O–H groups in total. The van der Waals surface area contributed by atoms with Crippen LogP contribution in [-0.4, -0.2) is 30.8 Å². The zero-order valence-corrected chi connectivity index (χ0v) is 15.1. The molecule has 136 valence electrons. The van der Waals surface area contributed by atoms with Crippen LogP contribution >= 0.6 is 0 Å². The van der Waals surface area contributed by atoms with Gasteiger partial charge in [0, 0.05) is 18.2 Å². The van der Waals surface area contributed by atoms with E-state index in [1.54, 1.807) is 13.2 Å². The van der Waals surface area contributed by atoms with Crippen LogP contribution in [0.1, 0.15) is 35.7 Å². The number of hydrogen-bond donors (Lipinski definition) is 0. The molecule has 2 aromatic carbocycles. The summed E-state index contributed by atoms with van der Waals surface area (Å²) in [4.78, 5) is 15.2. The van der Waals surface area contributed by atoms with E-state index in [-0.39, 0.29) is 18.7 Å². The summed E-state index contributed by atoms with van der Waals surface area (Å²) < 4.78 is 16.0. The monoisotopic (exact) mass is 353 g/mol. The highest BCUT2D eigenvalue weighted by molar-refractivity contribution is 5.95. The fraction of sp³-hybridized carbons (Fsp3) is 0.381. The lowest BCUT2D eigenvalue weighted by atomic mass is 10.1. The fourth-order valence-corrected chi connectivity index (χ4v) is 3.36. The molecule has 1 aliphatic carbocycles. The molecule has 1 fully saturated rings. The summed E-state index contributed by atoms with van der Waals surface area (Å²) >= 11 is 0. The van der Waals surface area contributed by atoms with Gasteiger partial charge in [0.15, 0.2) is 11.5 Å². The van der Waals surface area contributed by atoms with E-state index in [1.807, 2.05) is 41.3 Å². The Bertz CT molecular complexity index is 798. The van der Waals surface area contributed by atoms with Crippen molar-refractivity contribution in [1.82, 2.24) is 4.90 Å². The van der Waals surface area contributed by atoms with Gasteiger partial charge in [-0.25, -0.2) is 0 Å². The maximum atomic E-state index is 13.3. The lowest BCUT2D eigenvalue weighted by molar-refractivity contribution is 0.0654. The number of ether oxygens (including phenoxy) is 3. The van der Waals surface area contributed by atoms with Crippen LogP contribution < -0.4 is 14.2 Å². The minimum atomic E-state index is 0.0264. The number of nitrogens with zero attached hydrogens (tertiary/aromatic N) is 1. The first kappa shape index (κ1) is 16.8. The molecule has 1 atom stereocenters. The molecule has 1 amide bonds. The molecule has 5 heteroatoms. The second-order valence-electron chi connectivity index (χ2n) is 6.93. The van der Waals surface area contributed by atoms with E-state index in [9.17, 15) is 4.79 Å². The van der Waals surface area contributed by atoms with Crippen molar-refractivity contribution < 1.29 is 19.0 Å². The van der Waals surface area contributed by atoms with Gasteiger partial charge >= 0.3 is 0 Å². The number of methoxy groups -OCH3 is 1. The van der Waals surface area contributed by atoms with Crippen LogP contribution in [0, 0.1) is 5.92 Å².